The molecule has 1 N–H and O–H groups in total. The van der Waals surface area contributed by atoms with Gasteiger partial charge in [0.15, 0.2) is 11.0 Å². The second-order valence-electron chi connectivity index (χ2n) is 4.14. The van der Waals surface area contributed by atoms with Gasteiger partial charge < -0.3 is 4.74 Å². The second-order valence-corrected chi connectivity index (χ2v) is 5.15. The van der Waals surface area contributed by atoms with Gasteiger partial charge in [0.25, 0.3) is 5.91 Å². The van der Waals surface area contributed by atoms with E-state index in [1.807, 2.05) is 6.92 Å². The van der Waals surface area contributed by atoms with E-state index in [9.17, 15) is 9.59 Å². The van der Waals surface area contributed by atoms with Crippen molar-refractivity contribution in [3.05, 3.63) is 35.4 Å². The number of nitrogens with one attached hydrogen (secondary N) is 1. The Kier molecular flexibility index (Phi) is 4.59. The number of rotatable bonds is 4. The number of amides is 1. The molecule has 7 nitrogen and oxygen atoms in total. The van der Waals surface area contributed by atoms with Crippen LogP contribution in [0.1, 0.15) is 5.69 Å². The molecule has 21 heavy (non-hydrogen) atoms. The van der Waals surface area contributed by atoms with E-state index in [0.717, 1.165) is 23.5 Å². The first-order valence-electron chi connectivity index (χ1n) is 6.06. The predicted octanol–water partition coefficient (Wildman–Crippen LogP) is 1.52. The lowest BCUT2D eigenvalue weighted by atomic mass is 10.4. The van der Waals surface area contributed by atoms with Gasteiger partial charge in [-0.1, -0.05) is 6.08 Å². The zero-order valence-electron chi connectivity index (χ0n) is 11.6. The zero-order valence-corrected chi connectivity index (χ0v) is 12.4. The fourth-order valence-corrected chi connectivity index (χ4v) is 2.56. The van der Waals surface area contributed by atoms with Gasteiger partial charge in [-0.3, -0.25) is 14.8 Å². The van der Waals surface area contributed by atoms with Crippen LogP contribution in [0.5, 0.6) is 0 Å². The lowest BCUT2D eigenvalue weighted by Gasteiger charge is -2.11. The Morgan fingerprint density at radius 3 is 3.00 bits per heavy atom. The summed E-state index contributed by atoms with van der Waals surface area (Å²) in [6.07, 6.45) is 2.74. The van der Waals surface area contributed by atoms with Crippen LogP contribution in [0.25, 0.3) is 0 Å². The molecule has 0 saturated carbocycles. The Morgan fingerprint density at radius 2 is 2.43 bits per heavy atom. The van der Waals surface area contributed by atoms with Gasteiger partial charge in [-0.2, -0.15) is 5.10 Å². The van der Waals surface area contributed by atoms with Crippen LogP contribution in [0.3, 0.4) is 0 Å². The number of thioether (sulfide) groups is 1. The summed E-state index contributed by atoms with van der Waals surface area (Å²) in [5.74, 6) is -0.422. The summed E-state index contributed by atoms with van der Waals surface area (Å²) in [5, 5.41) is 7.22. The number of aryl methyl sites for hydroxylation is 1. The van der Waals surface area contributed by atoms with Crippen molar-refractivity contribution in [2.45, 2.75) is 6.92 Å². The van der Waals surface area contributed by atoms with E-state index in [-0.39, 0.29) is 10.8 Å². The van der Waals surface area contributed by atoms with Crippen molar-refractivity contribution in [3.63, 3.8) is 0 Å². The Bertz CT molecular complexity index is 648. The molecule has 0 aromatic carbocycles. The standard InChI is InChI=1S/C13H14N4O3S/c1-4-5-17-12(19)9(7-11(18)20-3)21-13(17)14-10-6-8(2)15-16-10/h4,6-7H,1,5H2,2-3H3,(H,15,16)/b9-7-,14-13?. The molecule has 1 aliphatic rings. The maximum absolute atomic E-state index is 12.2. The first-order valence-corrected chi connectivity index (χ1v) is 6.87. The maximum atomic E-state index is 12.2. The van der Waals surface area contributed by atoms with E-state index in [4.69, 9.17) is 0 Å². The summed E-state index contributed by atoms with van der Waals surface area (Å²) < 4.78 is 4.54. The Hall–Kier alpha value is -2.35. The van der Waals surface area contributed by atoms with Gasteiger partial charge in [-0.05, 0) is 18.7 Å². The summed E-state index contributed by atoms with van der Waals surface area (Å²) in [7, 11) is 1.26. The van der Waals surface area contributed by atoms with E-state index < -0.39 is 5.97 Å². The Morgan fingerprint density at radius 1 is 1.67 bits per heavy atom. The van der Waals surface area contributed by atoms with Gasteiger partial charge in [0, 0.05) is 24.4 Å². The Labute approximate surface area is 125 Å². The van der Waals surface area contributed by atoms with Crippen molar-refractivity contribution in [3.8, 4) is 0 Å². The number of carbonyl (C=O) groups excluding carboxylic acids is 2. The van der Waals surface area contributed by atoms with E-state index in [1.165, 1.54) is 12.0 Å². The number of nitrogens with zero attached hydrogens (tertiary/aromatic N) is 3. The highest BCUT2D eigenvalue weighted by Crippen LogP contribution is 2.32. The molecular formula is C13H14N4O3S. The smallest absolute Gasteiger partial charge is 0.331 e. The van der Waals surface area contributed by atoms with Crippen molar-refractivity contribution >= 4 is 34.6 Å². The van der Waals surface area contributed by atoms with Gasteiger partial charge in [0.1, 0.15) is 0 Å². The molecule has 0 aliphatic carbocycles. The molecule has 1 amide bonds. The minimum atomic E-state index is -0.582. The number of esters is 1. The molecule has 0 atom stereocenters. The average molecular weight is 306 g/mol. The molecule has 0 unspecified atom stereocenters. The summed E-state index contributed by atoms with van der Waals surface area (Å²) in [4.78, 5) is 29.5. The van der Waals surface area contributed by atoms with E-state index in [2.05, 4.69) is 26.5 Å². The molecule has 0 bridgehead atoms. The van der Waals surface area contributed by atoms with Crippen molar-refractivity contribution in [2.75, 3.05) is 13.7 Å². The molecule has 1 aromatic rings. The number of aliphatic imine (C=N–C) groups is 1. The first-order chi connectivity index (χ1) is 10.0. The molecule has 1 aromatic heterocycles. The van der Waals surface area contributed by atoms with Crippen LogP contribution in [0, 0.1) is 6.92 Å². The number of methoxy groups -OCH3 is 1. The van der Waals surface area contributed by atoms with Crippen molar-refractivity contribution in [1.29, 1.82) is 0 Å². The zero-order chi connectivity index (χ0) is 15.4. The number of aromatic nitrogens is 2. The van der Waals surface area contributed by atoms with Gasteiger partial charge in [0.2, 0.25) is 0 Å². The van der Waals surface area contributed by atoms with Crippen LogP contribution >= 0.6 is 11.8 Å². The molecule has 110 valence electrons. The second kappa shape index (κ2) is 6.40. The molecule has 0 spiro atoms. The number of hydrogen-bond acceptors (Lipinski definition) is 6. The first kappa shape index (κ1) is 15.0. The highest BCUT2D eigenvalue weighted by Gasteiger charge is 2.33. The number of amidine groups is 1. The minimum absolute atomic E-state index is 0.259. The van der Waals surface area contributed by atoms with E-state index in [1.54, 1.807) is 12.1 Å². The third-order valence-electron chi connectivity index (χ3n) is 2.55. The number of carbonyl (C=O) groups is 2. The lowest BCUT2D eigenvalue weighted by Crippen LogP contribution is -2.29. The van der Waals surface area contributed by atoms with E-state index in [0.29, 0.717) is 17.5 Å². The quantitative estimate of drug-likeness (QED) is 0.518. The number of aromatic amines is 1. The van der Waals surface area contributed by atoms with Gasteiger partial charge in [-0.15, -0.1) is 6.58 Å². The molecule has 2 rings (SSSR count). The molecule has 1 fully saturated rings. The van der Waals surface area contributed by atoms with Crippen LogP contribution in [-0.4, -0.2) is 45.8 Å². The number of hydrogen-bond donors (Lipinski definition) is 1. The van der Waals surface area contributed by atoms with Crippen molar-refractivity contribution in [2.24, 2.45) is 4.99 Å². The molecular weight excluding hydrogens is 292 g/mol. The minimum Gasteiger partial charge on any atom is -0.466 e. The van der Waals surface area contributed by atoms with Crippen LogP contribution in [-0.2, 0) is 14.3 Å². The third kappa shape index (κ3) is 3.40. The maximum Gasteiger partial charge on any atom is 0.331 e. The van der Waals surface area contributed by atoms with Crippen molar-refractivity contribution in [1.82, 2.24) is 15.1 Å². The largest absolute Gasteiger partial charge is 0.466 e. The third-order valence-corrected chi connectivity index (χ3v) is 3.56. The molecule has 8 heteroatoms. The summed E-state index contributed by atoms with van der Waals surface area (Å²) >= 11 is 1.10. The van der Waals surface area contributed by atoms with Gasteiger partial charge in [-0.25, -0.2) is 9.79 Å². The molecule has 1 aliphatic heterocycles. The average Bonchev–Trinajstić information content (AvgIpc) is 2.98. The van der Waals surface area contributed by atoms with Crippen LogP contribution in [0.4, 0.5) is 5.82 Å². The van der Waals surface area contributed by atoms with E-state index >= 15 is 0 Å². The van der Waals surface area contributed by atoms with Crippen LogP contribution in [0.15, 0.2) is 34.7 Å². The topological polar surface area (TPSA) is 87.6 Å². The summed E-state index contributed by atoms with van der Waals surface area (Å²) in [6.45, 7) is 5.77. The lowest BCUT2D eigenvalue weighted by molar-refractivity contribution is -0.135. The van der Waals surface area contributed by atoms with Crippen molar-refractivity contribution < 1.29 is 14.3 Å². The van der Waals surface area contributed by atoms with Crippen LogP contribution < -0.4 is 0 Å². The van der Waals surface area contributed by atoms with Crippen LogP contribution in [0.2, 0.25) is 0 Å². The number of H-pyrrole nitrogens is 1. The summed E-state index contributed by atoms with van der Waals surface area (Å²) in [6, 6.07) is 1.76. The highest BCUT2D eigenvalue weighted by molar-refractivity contribution is 8.18. The molecule has 0 radical (unpaired) electrons. The molecule has 1 saturated heterocycles. The fraction of sp³-hybridized carbons (Fsp3) is 0.231. The SMILES string of the molecule is C=CCN1C(=O)/C(=C/C(=O)OC)SC1=Nc1cc(C)[nH]n1. The highest BCUT2D eigenvalue weighted by atomic mass is 32.2. The van der Waals surface area contributed by atoms with Gasteiger partial charge >= 0.3 is 5.97 Å². The predicted molar refractivity (Wildman–Crippen MR) is 80.0 cm³/mol. The summed E-state index contributed by atoms with van der Waals surface area (Å²) in [5.41, 5.74) is 0.865. The Balaban J connectivity index is 2.33. The van der Waals surface area contributed by atoms with Gasteiger partial charge in [0.05, 0.1) is 12.0 Å². The fourth-order valence-electron chi connectivity index (χ4n) is 1.61. The monoisotopic (exact) mass is 306 g/mol. The molecule has 2 heterocycles. The number of ether oxygens (including phenoxy) is 1. The normalized spacial score (nSPS) is 18.6.